The number of amides is 2. The Kier molecular flexibility index (Phi) is 5.68. The molecule has 1 heterocycles. The molecule has 2 aromatic carbocycles. The van der Waals surface area contributed by atoms with Gasteiger partial charge >= 0.3 is 6.03 Å². The van der Waals surface area contributed by atoms with Gasteiger partial charge in [0.15, 0.2) is 5.78 Å². The highest BCUT2D eigenvalue weighted by Crippen LogP contribution is 2.34. The van der Waals surface area contributed by atoms with Gasteiger partial charge in [0.25, 0.3) is 0 Å². The molecule has 0 saturated carbocycles. The Morgan fingerprint density at radius 2 is 1.65 bits per heavy atom. The third-order valence-corrected chi connectivity index (χ3v) is 4.97. The van der Waals surface area contributed by atoms with Gasteiger partial charge < -0.3 is 15.4 Å². The third-order valence-electron chi connectivity index (χ3n) is 4.97. The lowest BCUT2D eigenvalue weighted by atomic mass is 9.74. The van der Waals surface area contributed by atoms with Crippen LogP contribution >= 0.6 is 0 Å². The smallest absolute Gasteiger partial charge is 0.319 e. The van der Waals surface area contributed by atoms with Gasteiger partial charge in [-0.2, -0.15) is 0 Å². The van der Waals surface area contributed by atoms with E-state index in [0.717, 1.165) is 12.8 Å². The molecule has 0 radical (unpaired) electrons. The van der Waals surface area contributed by atoms with Crippen molar-refractivity contribution in [3.8, 4) is 0 Å². The number of rotatable bonds is 5. The Labute approximate surface area is 153 Å². The van der Waals surface area contributed by atoms with Crippen molar-refractivity contribution in [1.82, 2.24) is 5.32 Å². The van der Waals surface area contributed by atoms with Gasteiger partial charge in [0, 0.05) is 36.4 Å². The molecule has 136 valence electrons. The molecule has 26 heavy (non-hydrogen) atoms. The molecule has 3 rings (SSSR count). The first-order valence-corrected chi connectivity index (χ1v) is 8.88. The van der Waals surface area contributed by atoms with Gasteiger partial charge in [0.2, 0.25) is 0 Å². The molecule has 1 saturated heterocycles. The molecule has 5 heteroatoms. The lowest BCUT2D eigenvalue weighted by Gasteiger charge is -2.38. The van der Waals surface area contributed by atoms with Crippen LogP contribution in [0.5, 0.6) is 0 Å². The van der Waals surface area contributed by atoms with E-state index < -0.39 is 0 Å². The van der Waals surface area contributed by atoms with E-state index in [9.17, 15) is 9.59 Å². The Balaban J connectivity index is 1.63. The van der Waals surface area contributed by atoms with Gasteiger partial charge in [-0.25, -0.2) is 4.79 Å². The van der Waals surface area contributed by atoms with Gasteiger partial charge in [-0.1, -0.05) is 30.3 Å². The number of carbonyl (C=O) groups is 2. The van der Waals surface area contributed by atoms with Crippen LogP contribution in [0.15, 0.2) is 54.6 Å². The normalized spacial score (nSPS) is 15.9. The second kappa shape index (κ2) is 8.15. The molecule has 2 amide bonds. The average Bonchev–Trinajstić information content (AvgIpc) is 2.68. The van der Waals surface area contributed by atoms with Crippen LogP contribution in [0.1, 0.15) is 35.7 Å². The molecular weight excluding hydrogens is 328 g/mol. The molecule has 1 fully saturated rings. The molecule has 1 aliphatic rings. The molecule has 2 aromatic rings. The zero-order valence-corrected chi connectivity index (χ0v) is 15.0. The predicted molar refractivity (Wildman–Crippen MR) is 102 cm³/mol. The summed E-state index contributed by atoms with van der Waals surface area (Å²) in [5.74, 6) is 0.00493. The summed E-state index contributed by atoms with van der Waals surface area (Å²) < 4.78 is 5.52. The van der Waals surface area contributed by atoms with Crippen LogP contribution in [-0.2, 0) is 10.2 Å². The molecular formula is C21H24N2O3. The maximum Gasteiger partial charge on any atom is 0.319 e. The van der Waals surface area contributed by atoms with E-state index in [0.29, 0.717) is 31.0 Å². The molecule has 1 aliphatic heterocycles. The monoisotopic (exact) mass is 352 g/mol. The fourth-order valence-corrected chi connectivity index (χ4v) is 3.33. The van der Waals surface area contributed by atoms with Crippen LogP contribution < -0.4 is 10.6 Å². The molecule has 0 atom stereocenters. The number of Topliss-reactive ketones (excluding diaryl/α,β-unsaturated/α-hetero) is 1. The summed E-state index contributed by atoms with van der Waals surface area (Å²) in [5.41, 5.74) is 2.42. The highest BCUT2D eigenvalue weighted by molar-refractivity contribution is 5.95. The van der Waals surface area contributed by atoms with Crippen molar-refractivity contribution in [2.45, 2.75) is 25.2 Å². The summed E-state index contributed by atoms with van der Waals surface area (Å²) >= 11 is 0. The third kappa shape index (κ3) is 4.29. The molecule has 0 spiro atoms. The Hall–Kier alpha value is -2.66. The van der Waals surface area contributed by atoms with Crippen molar-refractivity contribution < 1.29 is 14.3 Å². The summed E-state index contributed by atoms with van der Waals surface area (Å²) in [4.78, 5) is 23.6. The summed E-state index contributed by atoms with van der Waals surface area (Å²) in [7, 11) is 0. The highest BCUT2D eigenvalue weighted by Gasteiger charge is 2.34. The van der Waals surface area contributed by atoms with Crippen LogP contribution in [0.2, 0.25) is 0 Å². The number of nitrogens with one attached hydrogen (secondary N) is 2. The average molecular weight is 352 g/mol. The summed E-state index contributed by atoms with van der Waals surface area (Å²) in [5, 5.41) is 5.83. The molecule has 2 N–H and O–H groups in total. The molecule has 5 nitrogen and oxygen atoms in total. The van der Waals surface area contributed by atoms with Crippen molar-refractivity contribution in [1.29, 1.82) is 0 Å². The number of benzene rings is 2. The van der Waals surface area contributed by atoms with E-state index in [4.69, 9.17) is 4.74 Å². The Morgan fingerprint density at radius 1 is 1.00 bits per heavy atom. The van der Waals surface area contributed by atoms with Crippen molar-refractivity contribution in [2.75, 3.05) is 25.1 Å². The Bertz CT molecular complexity index is 751. The highest BCUT2D eigenvalue weighted by atomic mass is 16.5. The first kappa shape index (κ1) is 18.1. The van der Waals surface area contributed by atoms with Crippen molar-refractivity contribution >= 4 is 17.5 Å². The van der Waals surface area contributed by atoms with Crippen LogP contribution in [0.3, 0.4) is 0 Å². The Morgan fingerprint density at radius 3 is 2.27 bits per heavy atom. The quantitative estimate of drug-likeness (QED) is 0.805. The number of anilines is 1. The standard InChI is InChI=1S/C21H24N2O3/c1-16(24)17-7-9-19(10-8-17)23-20(25)22-15-21(11-13-26-14-12-21)18-5-3-2-4-6-18/h2-10H,11-15H2,1H3,(H2,22,23,25). The lowest BCUT2D eigenvalue weighted by Crippen LogP contribution is -2.45. The number of ether oxygens (including phenoxy) is 1. The van der Waals surface area contributed by atoms with E-state index in [2.05, 4.69) is 22.8 Å². The van der Waals surface area contributed by atoms with Crippen LogP contribution in [0.4, 0.5) is 10.5 Å². The fraction of sp³-hybridized carbons (Fsp3) is 0.333. The maximum atomic E-state index is 12.3. The van der Waals surface area contributed by atoms with E-state index in [1.54, 1.807) is 24.3 Å². The minimum absolute atomic E-state index is 0.00493. The number of hydrogen-bond acceptors (Lipinski definition) is 3. The van der Waals surface area contributed by atoms with Crippen molar-refractivity contribution in [3.05, 3.63) is 65.7 Å². The molecule has 0 aromatic heterocycles. The molecule has 0 aliphatic carbocycles. The number of hydrogen-bond donors (Lipinski definition) is 2. The van der Waals surface area contributed by atoms with Gasteiger partial charge in [-0.3, -0.25) is 4.79 Å². The zero-order chi connectivity index (χ0) is 18.4. The number of urea groups is 1. The summed E-state index contributed by atoms with van der Waals surface area (Å²) in [6.45, 7) is 3.47. The van der Waals surface area contributed by atoms with Gasteiger partial charge in [0.1, 0.15) is 0 Å². The van der Waals surface area contributed by atoms with Crippen molar-refractivity contribution in [3.63, 3.8) is 0 Å². The SMILES string of the molecule is CC(=O)c1ccc(NC(=O)NCC2(c3ccccc3)CCOCC2)cc1. The zero-order valence-electron chi connectivity index (χ0n) is 15.0. The topological polar surface area (TPSA) is 67.4 Å². The van der Waals surface area contributed by atoms with Gasteiger partial charge in [-0.15, -0.1) is 0 Å². The van der Waals surface area contributed by atoms with E-state index in [-0.39, 0.29) is 17.2 Å². The predicted octanol–water partition coefficient (Wildman–Crippen LogP) is 3.76. The van der Waals surface area contributed by atoms with E-state index >= 15 is 0 Å². The first-order chi connectivity index (χ1) is 12.6. The van der Waals surface area contributed by atoms with Crippen LogP contribution in [0.25, 0.3) is 0 Å². The number of carbonyl (C=O) groups excluding carboxylic acids is 2. The van der Waals surface area contributed by atoms with Gasteiger partial charge in [0.05, 0.1) is 0 Å². The summed E-state index contributed by atoms with van der Waals surface area (Å²) in [6, 6.07) is 16.9. The lowest BCUT2D eigenvalue weighted by molar-refractivity contribution is 0.0508. The number of ketones is 1. The second-order valence-corrected chi connectivity index (χ2v) is 6.70. The largest absolute Gasteiger partial charge is 0.381 e. The van der Waals surface area contributed by atoms with Crippen LogP contribution in [-0.4, -0.2) is 31.6 Å². The summed E-state index contributed by atoms with van der Waals surface area (Å²) in [6.07, 6.45) is 1.76. The van der Waals surface area contributed by atoms with Gasteiger partial charge in [-0.05, 0) is 49.6 Å². The fourth-order valence-electron chi connectivity index (χ4n) is 3.33. The molecule has 0 unspecified atom stereocenters. The van der Waals surface area contributed by atoms with E-state index in [1.807, 2.05) is 18.2 Å². The van der Waals surface area contributed by atoms with Crippen molar-refractivity contribution in [2.24, 2.45) is 0 Å². The second-order valence-electron chi connectivity index (χ2n) is 6.70. The minimum atomic E-state index is -0.248. The first-order valence-electron chi connectivity index (χ1n) is 8.88. The van der Waals surface area contributed by atoms with E-state index in [1.165, 1.54) is 12.5 Å². The van der Waals surface area contributed by atoms with Crippen LogP contribution in [0, 0.1) is 0 Å². The maximum absolute atomic E-state index is 12.3. The minimum Gasteiger partial charge on any atom is -0.381 e. The molecule has 0 bridgehead atoms.